The molecule has 0 amide bonds. The summed E-state index contributed by atoms with van der Waals surface area (Å²) in [5.41, 5.74) is 0.386. The number of halogens is 2. The second-order valence-electron chi connectivity index (χ2n) is 5.22. The summed E-state index contributed by atoms with van der Waals surface area (Å²) in [5, 5.41) is 0.630. The number of rotatable bonds is 4. The number of ether oxygens (including phenoxy) is 2. The Morgan fingerprint density at radius 1 is 0.615 bits per heavy atom. The monoisotopic (exact) mass is 386 g/mol. The van der Waals surface area contributed by atoms with Crippen LogP contribution >= 0.6 is 23.2 Å². The van der Waals surface area contributed by atoms with Crippen LogP contribution in [0.1, 0.15) is 20.7 Å². The van der Waals surface area contributed by atoms with Crippen molar-refractivity contribution in [2.45, 2.75) is 0 Å². The van der Waals surface area contributed by atoms with Gasteiger partial charge in [0.2, 0.25) is 0 Å². The maximum absolute atomic E-state index is 12.3. The molecule has 0 fully saturated rings. The average molecular weight is 387 g/mol. The third kappa shape index (κ3) is 4.23. The van der Waals surface area contributed by atoms with Crippen LogP contribution in [-0.4, -0.2) is 11.9 Å². The highest BCUT2D eigenvalue weighted by atomic mass is 35.5. The van der Waals surface area contributed by atoms with Crippen molar-refractivity contribution in [3.8, 4) is 11.5 Å². The molecule has 3 aromatic carbocycles. The van der Waals surface area contributed by atoms with Crippen LogP contribution < -0.4 is 9.47 Å². The molecule has 0 aliphatic rings. The van der Waals surface area contributed by atoms with Crippen LogP contribution in [0.3, 0.4) is 0 Å². The van der Waals surface area contributed by atoms with Gasteiger partial charge in [-0.3, -0.25) is 0 Å². The maximum Gasteiger partial charge on any atom is 0.343 e. The van der Waals surface area contributed by atoms with E-state index in [2.05, 4.69) is 0 Å². The van der Waals surface area contributed by atoms with Gasteiger partial charge in [0, 0.05) is 0 Å². The minimum Gasteiger partial charge on any atom is -0.421 e. The van der Waals surface area contributed by atoms with Crippen molar-refractivity contribution in [3.05, 3.63) is 94.0 Å². The summed E-state index contributed by atoms with van der Waals surface area (Å²) < 4.78 is 10.5. The van der Waals surface area contributed by atoms with Gasteiger partial charge in [-0.2, -0.15) is 0 Å². The minimum atomic E-state index is -0.634. The van der Waals surface area contributed by atoms with E-state index in [1.807, 2.05) is 0 Å². The van der Waals surface area contributed by atoms with Crippen molar-refractivity contribution < 1.29 is 19.1 Å². The van der Waals surface area contributed by atoms with Gasteiger partial charge in [0.05, 0.1) is 21.2 Å². The lowest BCUT2D eigenvalue weighted by molar-refractivity contribution is 0.0734. The highest BCUT2D eigenvalue weighted by Gasteiger charge is 2.15. The molecule has 130 valence electrons. The van der Waals surface area contributed by atoms with E-state index >= 15 is 0 Å². The predicted octanol–water partition coefficient (Wildman–Crippen LogP) is 5.43. The fraction of sp³-hybridized carbons (Fsp3) is 0. The highest BCUT2D eigenvalue weighted by Crippen LogP contribution is 2.25. The molecule has 0 unspecified atom stereocenters. The summed E-state index contributed by atoms with van der Waals surface area (Å²) in [7, 11) is 0. The standard InChI is InChI=1S/C20H12Cl2O4/c21-15-8-1-3-10-17(15)25-19(23)13-6-5-7-14(12-13)20(24)26-18-11-4-2-9-16(18)22/h1-12H. The molecule has 0 saturated carbocycles. The van der Waals surface area contributed by atoms with E-state index in [0.717, 1.165) is 0 Å². The number of hydrogen-bond acceptors (Lipinski definition) is 4. The van der Waals surface area contributed by atoms with Crippen molar-refractivity contribution in [2.75, 3.05) is 0 Å². The summed E-state index contributed by atoms with van der Waals surface area (Å²) in [5.74, 6) is -0.789. The normalized spacial score (nSPS) is 10.2. The van der Waals surface area contributed by atoms with Gasteiger partial charge in [0.15, 0.2) is 0 Å². The van der Waals surface area contributed by atoms with Crippen LogP contribution in [0.5, 0.6) is 11.5 Å². The van der Waals surface area contributed by atoms with Crippen molar-refractivity contribution in [2.24, 2.45) is 0 Å². The first kappa shape index (κ1) is 18.0. The molecule has 0 heterocycles. The van der Waals surface area contributed by atoms with E-state index in [1.54, 1.807) is 54.6 Å². The molecule has 0 atom stereocenters. The maximum atomic E-state index is 12.3. The Morgan fingerprint density at radius 2 is 1.04 bits per heavy atom. The molecule has 0 aliphatic heterocycles. The molecule has 0 N–H and O–H groups in total. The fourth-order valence-electron chi connectivity index (χ4n) is 2.15. The summed E-state index contributed by atoms with van der Waals surface area (Å²) in [6.07, 6.45) is 0. The van der Waals surface area contributed by atoms with Crippen molar-refractivity contribution in [1.82, 2.24) is 0 Å². The largest absolute Gasteiger partial charge is 0.421 e. The Morgan fingerprint density at radius 3 is 1.46 bits per heavy atom. The lowest BCUT2D eigenvalue weighted by atomic mass is 10.1. The van der Waals surface area contributed by atoms with Crippen LogP contribution in [0, 0.1) is 0 Å². The Kier molecular flexibility index (Phi) is 5.56. The summed E-state index contributed by atoms with van der Waals surface area (Å²) in [4.78, 5) is 24.6. The van der Waals surface area contributed by atoms with Crippen LogP contribution in [0.2, 0.25) is 10.0 Å². The number of hydrogen-bond donors (Lipinski definition) is 0. The van der Waals surface area contributed by atoms with Gasteiger partial charge in [-0.1, -0.05) is 53.5 Å². The summed E-state index contributed by atoms with van der Waals surface area (Å²) in [6.45, 7) is 0. The molecule has 6 heteroatoms. The van der Waals surface area contributed by atoms with Crippen LogP contribution in [0.4, 0.5) is 0 Å². The summed E-state index contributed by atoms with van der Waals surface area (Å²) >= 11 is 12.0. The fourth-order valence-corrected chi connectivity index (χ4v) is 2.49. The van der Waals surface area contributed by atoms with Crippen LogP contribution in [0.15, 0.2) is 72.8 Å². The van der Waals surface area contributed by atoms with Gasteiger partial charge in [0.1, 0.15) is 11.5 Å². The Hall–Kier alpha value is -2.82. The van der Waals surface area contributed by atoms with E-state index in [9.17, 15) is 9.59 Å². The third-order valence-corrected chi connectivity index (χ3v) is 4.04. The topological polar surface area (TPSA) is 52.6 Å². The highest BCUT2D eigenvalue weighted by molar-refractivity contribution is 6.32. The number of para-hydroxylation sites is 2. The zero-order chi connectivity index (χ0) is 18.5. The van der Waals surface area contributed by atoms with Gasteiger partial charge >= 0.3 is 11.9 Å². The van der Waals surface area contributed by atoms with Crippen molar-refractivity contribution in [1.29, 1.82) is 0 Å². The zero-order valence-corrected chi connectivity index (χ0v) is 14.8. The Balaban J connectivity index is 1.77. The van der Waals surface area contributed by atoms with E-state index < -0.39 is 11.9 Å². The first-order chi connectivity index (χ1) is 12.5. The third-order valence-electron chi connectivity index (χ3n) is 3.41. The van der Waals surface area contributed by atoms with Gasteiger partial charge < -0.3 is 9.47 Å². The van der Waals surface area contributed by atoms with E-state index in [0.29, 0.717) is 10.0 Å². The quantitative estimate of drug-likeness (QED) is 0.442. The SMILES string of the molecule is O=C(Oc1ccccc1Cl)c1cccc(C(=O)Oc2ccccc2Cl)c1. The average Bonchev–Trinajstić information content (AvgIpc) is 2.65. The van der Waals surface area contributed by atoms with Gasteiger partial charge in [-0.05, 0) is 42.5 Å². The first-order valence-electron chi connectivity index (χ1n) is 7.58. The van der Waals surface area contributed by atoms with Crippen LogP contribution in [0.25, 0.3) is 0 Å². The first-order valence-corrected chi connectivity index (χ1v) is 8.33. The summed E-state index contributed by atoms with van der Waals surface area (Å²) in [6, 6.07) is 19.3. The molecule has 4 nitrogen and oxygen atoms in total. The minimum absolute atomic E-state index is 0.193. The van der Waals surface area contributed by atoms with Crippen molar-refractivity contribution in [3.63, 3.8) is 0 Å². The molecular weight excluding hydrogens is 375 g/mol. The van der Waals surface area contributed by atoms with Crippen molar-refractivity contribution >= 4 is 35.1 Å². The second kappa shape index (κ2) is 8.04. The number of esters is 2. The number of benzene rings is 3. The predicted molar refractivity (Wildman–Crippen MR) is 99.3 cm³/mol. The Bertz CT molecular complexity index is 895. The molecule has 0 radical (unpaired) electrons. The lowest BCUT2D eigenvalue weighted by Gasteiger charge is -2.08. The molecule has 0 aromatic heterocycles. The van der Waals surface area contributed by atoms with Gasteiger partial charge in [-0.15, -0.1) is 0 Å². The molecule has 0 spiro atoms. The van der Waals surface area contributed by atoms with Gasteiger partial charge in [0.25, 0.3) is 0 Å². The smallest absolute Gasteiger partial charge is 0.343 e. The molecule has 3 rings (SSSR count). The number of carbonyl (C=O) groups is 2. The molecule has 0 aliphatic carbocycles. The number of carbonyl (C=O) groups excluding carboxylic acids is 2. The molecule has 3 aromatic rings. The van der Waals surface area contributed by atoms with Crippen LogP contribution in [-0.2, 0) is 0 Å². The molecular formula is C20H12Cl2O4. The molecule has 0 saturated heterocycles. The zero-order valence-electron chi connectivity index (χ0n) is 13.3. The van der Waals surface area contributed by atoms with E-state index in [1.165, 1.54) is 18.2 Å². The second-order valence-corrected chi connectivity index (χ2v) is 6.04. The lowest BCUT2D eigenvalue weighted by Crippen LogP contribution is -2.12. The van der Waals surface area contributed by atoms with E-state index in [4.69, 9.17) is 32.7 Å². The Labute approximate surface area is 159 Å². The van der Waals surface area contributed by atoms with E-state index in [-0.39, 0.29) is 22.6 Å². The van der Waals surface area contributed by atoms with Gasteiger partial charge in [-0.25, -0.2) is 9.59 Å². The molecule has 26 heavy (non-hydrogen) atoms. The molecule has 0 bridgehead atoms.